The number of nitrogens with two attached hydrogens (primary N) is 1. The maximum Gasteiger partial charge on any atom is 0.138 e. The van der Waals surface area contributed by atoms with Gasteiger partial charge in [-0.05, 0) is 31.9 Å². The summed E-state index contributed by atoms with van der Waals surface area (Å²) in [6.45, 7) is 4.07. The van der Waals surface area contributed by atoms with Gasteiger partial charge in [0.05, 0.1) is 11.8 Å². The van der Waals surface area contributed by atoms with Gasteiger partial charge in [0.1, 0.15) is 11.5 Å². The molecule has 0 atom stereocenters. The Labute approximate surface area is 136 Å². The summed E-state index contributed by atoms with van der Waals surface area (Å²) < 4.78 is 7.35. The fraction of sp³-hybridized carbons (Fsp3) is 0.412. The summed E-state index contributed by atoms with van der Waals surface area (Å²) in [6.07, 6.45) is 10.0. The lowest BCUT2D eigenvalue weighted by molar-refractivity contribution is 0.0504. The zero-order valence-electron chi connectivity index (χ0n) is 13.6. The molecule has 0 bridgehead atoms. The highest BCUT2D eigenvalue weighted by Crippen LogP contribution is 2.18. The van der Waals surface area contributed by atoms with Gasteiger partial charge in [-0.1, -0.05) is 0 Å². The zero-order chi connectivity index (χ0) is 16.2. The third-order valence-corrected chi connectivity index (χ3v) is 4.27. The van der Waals surface area contributed by atoms with E-state index in [0.717, 1.165) is 43.0 Å². The van der Waals surface area contributed by atoms with Crippen molar-refractivity contribution in [3.8, 4) is 0 Å². The molecule has 3 rings (SSSR count). The zero-order valence-corrected chi connectivity index (χ0v) is 13.6. The molecule has 2 N–H and O–H groups in total. The molecular formula is C17H23N5O. The molecule has 0 aliphatic carbocycles. The first-order valence-electron chi connectivity index (χ1n) is 7.88. The van der Waals surface area contributed by atoms with Crippen molar-refractivity contribution in [1.82, 2.24) is 14.3 Å². The monoisotopic (exact) mass is 313 g/mol. The molecule has 0 unspecified atom stereocenters. The molecule has 1 saturated heterocycles. The quantitative estimate of drug-likeness (QED) is 0.695. The number of hydrogen-bond donors (Lipinski definition) is 1. The van der Waals surface area contributed by atoms with Crippen molar-refractivity contribution in [3.63, 3.8) is 0 Å². The van der Waals surface area contributed by atoms with Gasteiger partial charge in [0.2, 0.25) is 0 Å². The highest BCUT2D eigenvalue weighted by atomic mass is 16.5. The van der Waals surface area contributed by atoms with Gasteiger partial charge in [-0.25, -0.2) is 9.98 Å². The van der Waals surface area contributed by atoms with Crippen molar-refractivity contribution in [2.75, 3.05) is 20.2 Å². The maximum atomic E-state index is 6.08. The van der Waals surface area contributed by atoms with Gasteiger partial charge in [0.15, 0.2) is 0 Å². The number of methoxy groups -OCH3 is 1. The molecule has 0 amide bonds. The van der Waals surface area contributed by atoms with Crippen LogP contribution in [-0.4, -0.2) is 46.4 Å². The molecule has 122 valence electrons. The number of fused-ring (bicyclic) bond motifs is 1. The molecule has 2 aromatic heterocycles. The van der Waals surface area contributed by atoms with Gasteiger partial charge < -0.3 is 19.8 Å². The van der Waals surface area contributed by atoms with E-state index in [1.165, 1.54) is 0 Å². The Morgan fingerprint density at radius 2 is 2.17 bits per heavy atom. The lowest BCUT2D eigenvalue weighted by Crippen LogP contribution is -2.35. The maximum absolute atomic E-state index is 6.08. The van der Waals surface area contributed by atoms with Crippen molar-refractivity contribution in [2.24, 2.45) is 10.7 Å². The predicted octanol–water partition coefficient (Wildman–Crippen LogP) is 2.34. The fourth-order valence-electron chi connectivity index (χ4n) is 2.90. The summed E-state index contributed by atoms with van der Waals surface area (Å²) in [5.41, 5.74) is 8.89. The number of allylic oxidation sites excluding steroid dienone is 1. The number of imidazole rings is 1. The molecule has 23 heavy (non-hydrogen) atoms. The van der Waals surface area contributed by atoms with Gasteiger partial charge >= 0.3 is 0 Å². The second-order valence-electron chi connectivity index (χ2n) is 5.82. The smallest absolute Gasteiger partial charge is 0.138 e. The van der Waals surface area contributed by atoms with Crippen LogP contribution in [0.15, 0.2) is 47.5 Å². The van der Waals surface area contributed by atoms with Crippen molar-refractivity contribution in [2.45, 2.75) is 25.9 Å². The van der Waals surface area contributed by atoms with Crippen LogP contribution in [0.3, 0.4) is 0 Å². The topological polar surface area (TPSA) is 68.2 Å². The number of rotatable bonds is 4. The minimum Gasteiger partial charge on any atom is -0.384 e. The van der Waals surface area contributed by atoms with Crippen LogP contribution in [0.5, 0.6) is 0 Å². The van der Waals surface area contributed by atoms with Crippen LogP contribution in [-0.2, 0) is 4.74 Å². The normalized spacial score (nSPS) is 17.9. The molecule has 1 aliphatic rings. The Bertz CT molecular complexity index is 725. The van der Waals surface area contributed by atoms with E-state index < -0.39 is 0 Å². The first kappa shape index (κ1) is 15.6. The molecule has 0 spiro atoms. The molecule has 6 nitrogen and oxygen atoms in total. The Morgan fingerprint density at radius 1 is 1.39 bits per heavy atom. The lowest BCUT2D eigenvalue weighted by atomic mass is 10.1. The van der Waals surface area contributed by atoms with Crippen LogP contribution >= 0.6 is 0 Å². The van der Waals surface area contributed by atoms with Crippen LogP contribution < -0.4 is 5.73 Å². The van der Waals surface area contributed by atoms with E-state index in [0.29, 0.717) is 11.9 Å². The molecular weight excluding hydrogens is 290 g/mol. The largest absolute Gasteiger partial charge is 0.384 e. The minimum absolute atomic E-state index is 0.381. The molecule has 0 aromatic carbocycles. The molecule has 0 radical (unpaired) electrons. The van der Waals surface area contributed by atoms with Crippen molar-refractivity contribution >= 4 is 17.2 Å². The van der Waals surface area contributed by atoms with E-state index in [4.69, 9.17) is 10.5 Å². The summed E-state index contributed by atoms with van der Waals surface area (Å²) >= 11 is 0. The molecule has 3 heterocycles. The fourth-order valence-corrected chi connectivity index (χ4v) is 2.90. The number of aliphatic imine (C=N–C) groups is 1. The third kappa shape index (κ3) is 3.71. The first-order valence-corrected chi connectivity index (χ1v) is 7.88. The second-order valence-corrected chi connectivity index (χ2v) is 5.82. The second kappa shape index (κ2) is 6.83. The molecule has 1 fully saturated rings. The van der Waals surface area contributed by atoms with Crippen LogP contribution in [0.2, 0.25) is 0 Å². The number of likely N-dealkylation sites (tertiary alicyclic amines) is 1. The summed E-state index contributed by atoms with van der Waals surface area (Å²) in [6, 6.07) is 3.84. The number of nitrogens with zero attached hydrogens (tertiary/aromatic N) is 4. The molecule has 6 heteroatoms. The van der Waals surface area contributed by atoms with Crippen LogP contribution in [0.25, 0.3) is 5.65 Å². The summed E-state index contributed by atoms with van der Waals surface area (Å²) in [5, 5.41) is 0. The number of pyridine rings is 1. The Kier molecular flexibility index (Phi) is 4.62. The standard InChI is InChI=1S/C17H23N5O/c1-13(21-8-4-15(23-2)5-9-21)11-16(18)20-14-3-7-22-10-6-19-17(22)12-14/h3,6-7,10-12,15H,4-5,8-9H2,1-2H3,(H2,18,20)/b13-11+. The number of hydrogen-bond acceptors (Lipinski definition) is 4. The highest BCUT2D eigenvalue weighted by molar-refractivity contribution is 5.93. The summed E-state index contributed by atoms with van der Waals surface area (Å²) in [4.78, 5) is 11.1. The van der Waals surface area contributed by atoms with Gasteiger partial charge in [-0.15, -0.1) is 0 Å². The SMILES string of the molecule is COC1CCN(/C(C)=C/C(N)=Nc2ccn3ccnc3c2)CC1. The molecule has 1 aliphatic heterocycles. The van der Waals surface area contributed by atoms with Gasteiger partial charge in [-0.2, -0.15) is 0 Å². The Balaban J connectivity index is 1.70. The Hall–Kier alpha value is -2.34. The van der Waals surface area contributed by atoms with Crippen LogP contribution in [0, 0.1) is 0 Å². The molecule has 2 aromatic rings. The highest BCUT2D eigenvalue weighted by Gasteiger charge is 2.18. The van der Waals surface area contributed by atoms with E-state index in [1.54, 1.807) is 13.3 Å². The predicted molar refractivity (Wildman–Crippen MR) is 91.8 cm³/mol. The lowest BCUT2D eigenvalue weighted by Gasteiger charge is -2.33. The minimum atomic E-state index is 0.381. The van der Waals surface area contributed by atoms with Crippen molar-refractivity contribution < 1.29 is 4.74 Å². The average Bonchev–Trinajstić information content (AvgIpc) is 3.02. The van der Waals surface area contributed by atoms with E-state index in [9.17, 15) is 0 Å². The Morgan fingerprint density at radius 3 is 2.91 bits per heavy atom. The van der Waals surface area contributed by atoms with E-state index in [1.807, 2.05) is 35.0 Å². The van der Waals surface area contributed by atoms with E-state index in [-0.39, 0.29) is 0 Å². The number of piperidine rings is 1. The van der Waals surface area contributed by atoms with Crippen LogP contribution in [0.1, 0.15) is 19.8 Å². The van der Waals surface area contributed by atoms with E-state index in [2.05, 4.69) is 21.8 Å². The van der Waals surface area contributed by atoms with Gasteiger partial charge in [0.25, 0.3) is 0 Å². The van der Waals surface area contributed by atoms with Gasteiger partial charge in [-0.3, -0.25) is 0 Å². The number of aromatic nitrogens is 2. The van der Waals surface area contributed by atoms with Crippen molar-refractivity contribution in [3.05, 3.63) is 42.5 Å². The van der Waals surface area contributed by atoms with E-state index >= 15 is 0 Å². The number of amidine groups is 1. The third-order valence-electron chi connectivity index (χ3n) is 4.27. The summed E-state index contributed by atoms with van der Waals surface area (Å²) in [5.74, 6) is 0.507. The van der Waals surface area contributed by atoms with Crippen molar-refractivity contribution in [1.29, 1.82) is 0 Å². The van der Waals surface area contributed by atoms with Crippen LogP contribution in [0.4, 0.5) is 5.69 Å². The first-order chi connectivity index (χ1) is 11.2. The average molecular weight is 313 g/mol. The summed E-state index contributed by atoms with van der Waals surface area (Å²) in [7, 11) is 1.78. The molecule has 0 saturated carbocycles. The van der Waals surface area contributed by atoms with Gasteiger partial charge in [0, 0.05) is 50.6 Å². The number of ether oxygens (including phenoxy) is 1.